The van der Waals surface area contributed by atoms with Crippen molar-refractivity contribution in [2.45, 2.75) is 13.8 Å². The first-order chi connectivity index (χ1) is 10.5. The Morgan fingerprint density at radius 3 is 2.32 bits per heavy atom. The van der Waals surface area contributed by atoms with Crippen molar-refractivity contribution in [2.24, 2.45) is 0 Å². The van der Waals surface area contributed by atoms with Crippen LogP contribution in [0.4, 0.5) is 10.1 Å². The lowest BCUT2D eigenvalue weighted by atomic mass is 10.2. The van der Waals surface area contributed by atoms with Gasteiger partial charge in [-0.2, -0.15) is 0 Å². The normalized spacial score (nSPS) is 15.2. The van der Waals surface area contributed by atoms with Gasteiger partial charge in [0, 0.05) is 38.8 Å². The van der Waals surface area contributed by atoms with Crippen LogP contribution in [0.25, 0.3) is 0 Å². The lowest BCUT2D eigenvalue weighted by Crippen LogP contribution is -2.48. The number of rotatable bonds is 2. The lowest BCUT2D eigenvalue weighted by Gasteiger charge is -2.35. The van der Waals surface area contributed by atoms with Crippen LogP contribution in [0.3, 0.4) is 0 Å². The predicted octanol–water partition coefficient (Wildman–Crippen LogP) is 2.39. The Morgan fingerprint density at radius 1 is 1.14 bits per heavy atom. The molecule has 3 rings (SSSR count). The van der Waals surface area contributed by atoms with Crippen LogP contribution < -0.4 is 4.90 Å². The number of hydrogen-bond donors (Lipinski definition) is 0. The molecule has 1 aromatic carbocycles. The third kappa shape index (κ3) is 2.81. The highest BCUT2D eigenvalue weighted by atomic mass is 19.1. The number of carbonyl (C=O) groups excluding carboxylic acids is 1. The van der Waals surface area contributed by atoms with Gasteiger partial charge in [-0.1, -0.05) is 0 Å². The predicted molar refractivity (Wildman–Crippen MR) is 80.5 cm³/mol. The zero-order valence-corrected chi connectivity index (χ0v) is 12.7. The summed E-state index contributed by atoms with van der Waals surface area (Å²) < 4.78 is 18.4. The van der Waals surface area contributed by atoms with Gasteiger partial charge in [0.05, 0.1) is 5.69 Å². The minimum atomic E-state index is -0.242. The van der Waals surface area contributed by atoms with E-state index in [9.17, 15) is 9.18 Å². The number of aryl methyl sites for hydroxylation is 2. The van der Waals surface area contributed by atoms with Crippen molar-refractivity contribution in [1.82, 2.24) is 9.88 Å². The fourth-order valence-corrected chi connectivity index (χ4v) is 2.69. The van der Waals surface area contributed by atoms with E-state index in [2.05, 4.69) is 9.88 Å². The van der Waals surface area contributed by atoms with E-state index in [-0.39, 0.29) is 11.7 Å². The molecule has 2 heterocycles. The van der Waals surface area contributed by atoms with Gasteiger partial charge < -0.3 is 14.2 Å². The second-order valence-corrected chi connectivity index (χ2v) is 5.40. The van der Waals surface area contributed by atoms with Crippen LogP contribution in [-0.4, -0.2) is 42.0 Å². The fraction of sp³-hybridized carbons (Fsp3) is 0.375. The highest BCUT2D eigenvalue weighted by Crippen LogP contribution is 2.19. The summed E-state index contributed by atoms with van der Waals surface area (Å²) >= 11 is 0. The number of piperazine rings is 1. The molecule has 0 radical (unpaired) electrons. The molecule has 0 N–H and O–H groups in total. The number of nitrogens with zero attached hydrogens (tertiary/aromatic N) is 3. The zero-order chi connectivity index (χ0) is 15.7. The van der Waals surface area contributed by atoms with Gasteiger partial charge in [0.15, 0.2) is 5.89 Å². The third-order valence-electron chi connectivity index (χ3n) is 3.86. The highest BCUT2D eigenvalue weighted by molar-refractivity contribution is 5.92. The van der Waals surface area contributed by atoms with E-state index in [4.69, 9.17) is 4.42 Å². The standard InChI is InChI=1S/C16H18FN3O2/c1-11-15(22-12(2)18-11)16(21)20-9-7-19(8-10-20)14-5-3-13(17)4-6-14/h3-6H,7-10H2,1-2H3. The third-order valence-corrected chi connectivity index (χ3v) is 3.86. The number of halogens is 1. The summed E-state index contributed by atoms with van der Waals surface area (Å²) in [6.45, 7) is 6.15. The quantitative estimate of drug-likeness (QED) is 0.855. The van der Waals surface area contributed by atoms with Crippen molar-refractivity contribution in [3.63, 3.8) is 0 Å². The number of amides is 1. The molecule has 1 aromatic heterocycles. The van der Waals surface area contributed by atoms with Crippen LogP contribution in [0, 0.1) is 19.7 Å². The van der Waals surface area contributed by atoms with Gasteiger partial charge in [0.1, 0.15) is 5.82 Å². The molecule has 1 fully saturated rings. The molecule has 116 valence electrons. The van der Waals surface area contributed by atoms with Crippen LogP contribution in [0.2, 0.25) is 0 Å². The van der Waals surface area contributed by atoms with Gasteiger partial charge >= 0.3 is 0 Å². The van der Waals surface area contributed by atoms with Gasteiger partial charge in [-0.15, -0.1) is 0 Å². The van der Waals surface area contributed by atoms with Crippen molar-refractivity contribution in [1.29, 1.82) is 0 Å². The van der Waals surface area contributed by atoms with E-state index in [0.29, 0.717) is 43.5 Å². The Labute approximate surface area is 128 Å². The number of anilines is 1. The van der Waals surface area contributed by atoms with Crippen molar-refractivity contribution in [3.05, 3.63) is 47.4 Å². The molecule has 1 amide bonds. The number of oxazole rings is 1. The topological polar surface area (TPSA) is 49.6 Å². The number of aromatic nitrogens is 1. The monoisotopic (exact) mass is 303 g/mol. The molecular formula is C16H18FN3O2. The summed E-state index contributed by atoms with van der Waals surface area (Å²) in [5.74, 6) is 0.476. The molecule has 5 nitrogen and oxygen atoms in total. The Morgan fingerprint density at radius 2 is 1.77 bits per heavy atom. The summed E-state index contributed by atoms with van der Waals surface area (Å²) in [7, 11) is 0. The van der Waals surface area contributed by atoms with Gasteiger partial charge in [-0.05, 0) is 31.2 Å². The molecule has 22 heavy (non-hydrogen) atoms. The zero-order valence-electron chi connectivity index (χ0n) is 12.7. The van der Waals surface area contributed by atoms with Crippen molar-refractivity contribution in [3.8, 4) is 0 Å². The van der Waals surface area contributed by atoms with E-state index in [1.54, 1.807) is 30.9 Å². The van der Waals surface area contributed by atoms with Crippen LogP contribution in [0.15, 0.2) is 28.7 Å². The van der Waals surface area contributed by atoms with Gasteiger partial charge in [0.25, 0.3) is 5.91 Å². The fourth-order valence-electron chi connectivity index (χ4n) is 2.69. The minimum absolute atomic E-state index is 0.114. The smallest absolute Gasteiger partial charge is 0.291 e. The van der Waals surface area contributed by atoms with Gasteiger partial charge in [-0.25, -0.2) is 9.37 Å². The van der Waals surface area contributed by atoms with Crippen LogP contribution in [-0.2, 0) is 0 Å². The molecule has 0 bridgehead atoms. The molecule has 0 spiro atoms. The van der Waals surface area contributed by atoms with E-state index in [0.717, 1.165) is 5.69 Å². The average Bonchev–Trinajstić information content (AvgIpc) is 2.86. The molecular weight excluding hydrogens is 285 g/mol. The molecule has 2 aromatic rings. The molecule has 0 aliphatic carbocycles. The summed E-state index contributed by atoms with van der Waals surface area (Å²) in [5.41, 5.74) is 1.60. The molecule has 1 aliphatic heterocycles. The van der Waals surface area contributed by atoms with Gasteiger partial charge in [-0.3, -0.25) is 4.79 Å². The largest absolute Gasteiger partial charge is 0.436 e. The maximum absolute atomic E-state index is 13.0. The highest BCUT2D eigenvalue weighted by Gasteiger charge is 2.26. The van der Waals surface area contributed by atoms with Crippen LogP contribution in [0.1, 0.15) is 22.1 Å². The lowest BCUT2D eigenvalue weighted by molar-refractivity contribution is 0.0712. The van der Waals surface area contributed by atoms with Crippen LogP contribution in [0.5, 0.6) is 0 Å². The first-order valence-electron chi connectivity index (χ1n) is 7.28. The number of hydrogen-bond acceptors (Lipinski definition) is 4. The average molecular weight is 303 g/mol. The Balaban J connectivity index is 1.65. The SMILES string of the molecule is Cc1nc(C)c(C(=O)N2CCN(c3ccc(F)cc3)CC2)o1. The summed E-state index contributed by atoms with van der Waals surface area (Å²) in [6, 6.07) is 6.43. The van der Waals surface area contributed by atoms with Gasteiger partial charge in [0.2, 0.25) is 5.76 Å². The van der Waals surface area contributed by atoms with Crippen molar-refractivity contribution >= 4 is 11.6 Å². The Bertz CT molecular complexity index is 673. The molecule has 1 aliphatic rings. The molecule has 0 atom stereocenters. The molecule has 6 heteroatoms. The summed E-state index contributed by atoms with van der Waals surface area (Å²) in [5, 5.41) is 0. The van der Waals surface area contributed by atoms with Crippen molar-refractivity contribution < 1.29 is 13.6 Å². The Kier molecular flexibility index (Phi) is 3.83. The summed E-state index contributed by atoms with van der Waals surface area (Å²) in [4.78, 5) is 20.5. The molecule has 1 saturated heterocycles. The molecule has 0 saturated carbocycles. The first-order valence-corrected chi connectivity index (χ1v) is 7.28. The maximum atomic E-state index is 13.0. The molecule has 0 unspecified atom stereocenters. The first kappa shape index (κ1) is 14.6. The van der Waals surface area contributed by atoms with Crippen molar-refractivity contribution in [2.75, 3.05) is 31.1 Å². The maximum Gasteiger partial charge on any atom is 0.291 e. The van der Waals surface area contributed by atoms with E-state index < -0.39 is 0 Å². The van der Waals surface area contributed by atoms with Crippen LogP contribution >= 0.6 is 0 Å². The van der Waals surface area contributed by atoms with E-state index in [1.807, 2.05) is 0 Å². The Hall–Kier alpha value is -2.37. The number of carbonyl (C=O) groups is 1. The minimum Gasteiger partial charge on any atom is -0.436 e. The summed E-state index contributed by atoms with van der Waals surface area (Å²) in [6.07, 6.45) is 0. The number of benzene rings is 1. The van der Waals surface area contributed by atoms with E-state index >= 15 is 0 Å². The second kappa shape index (κ2) is 5.79. The van der Waals surface area contributed by atoms with E-state index in [1.165, 1.54) is 12.1 Å². The second-order valence-electron chi connectivity index (χ2n) is 5.40.